The van der Waals surface area contributed by atoms with Gasteiger partial charge in [-0.25, -0.2) is 0 Å². The van der Waals surface area contributed by atoms with Gasteiger partial charge in [0.1, 0.15) is 0 Å². The lowest BCUT2D eigenvalue weighted by atomic mass is 9.93. The predicted octanol–water partition coefficient (Wildman–Crippen LogP) is 1.61. The summed E-state index contributed by atoms with van der Waals surface area (Å²) in [6, 6.07) is 0. The normalized spacial score (nSPS) is 23.8. The quantitative estimate of drug-likeness (QED) is 0.353. The lowest BCUT2D eigenvalue weighted by Gasteiger charge is -2.43. The van der Waals surface area contributed by atoms with Gasteiger partial charge in [-0.1, -0.05) is 6.92 Å². The number of piperidine rings is 1. The van der Waals surface area contributed by atoms with Gasteiger partial charge in [0.25, 0.3) is 0 Å². The first kappa shape index (κ1) is 22.9. The Morgan fingerprint density at radius 1 is 1.20 bits per heavy atom. The van der Waals surface area contributed by atoms with E-state index < -0.39 is 0 Å². The second kappa shape index (κ2) is 11.6. The summed E-state index contributed by atoms with van der Waals surface area (Å²) in [5, 5.41) is 6.95. The second-order valence-electron chi connectivity index (χ2n) is 7.81. The van der Waals surface area contributed by atoms with Gasteiger partial charge < -0.3 is 15.4 Å². The van der Waals surface area contributed by atoms with Crippen LogP contribution in [0, 0.1) is 5.92 Å². The van der Waals surface area contributed by atoms with Crippen molar-refractivity contribution < 1.29 is 4.74 Å². The van der Waals surface area contributed by atoms with Gasteiger partial charge in [0.05, 0.1) is 13.2 Å². The SMILES string of the molecule is CN=C(NCCN1CCOCC1)NCC(C)(C)N1CCCC(C)C1.I. The van der Waals surface area contributed by atoms with Gasteiger partial charge in [-0.3, -0.25) is 14.8 Å². The molecule has 0 radical (unpaired) electrons. The average molecular weight is 467 g/mol. The third-order valence-corrected chi connectivity index (χ3v) is 5.25. The maximum atomic E-state index is 5.39. The van der Waals surface area contributed by atoms with E-state index in [-0.39, 0.29) is 29.5 Å². The van der Waals surface area contributed by atoms with E-state index in [0.717, 1.165) is 57.8 Å². The molecule has 0 aromatic rings. The molecule has 2 aliphatic rings. The molecule has 2 N–H and O–H groups in total. The average Bonchev–Trinajstić information content (AvgIpc) is 2.59. The number of guanidine groups is 1. The summed E-state index contributed by atoms with van der Waals surface area (Å²) in [5.41, 5.74) is 0.149. The predicted molar refractivity (Wildman–Crippen MR) is 116 cm³/mol. The fourth-order valence-corrected chi connectivity index (χ4v) is 3.53. The van der Waals surface area contributed by atoms with Crippen LogP contribution in [0.25, 0.3) is 0 Å². The molecule has 2 saturated heterocycles. The maximum absolute atomic E-state index is 5.39. The van der Waals surface area contributed by atoms with Crippen molar-refractivity contribution in [3.05, 3.63) is 0 Å². The van der Waals surface area contributed by atoms with Gasteiger partial charge >= 0.3 is 0 Å². The minimum atomic E-state index is 0. The Kier molecular flexibility index (Phi) is 10.6. The van der Waals surface area contributed by atoms with Crippen LogP contribution in [0.1, 0.15) is 33.6 Å². The summed E-state index contributed by atoms with van der Waals surface area (Å²) in [6.45, 7) is 16.1. The first-order valence-corrected chi connectivity index (χ1v) is 9.51. The number of morpholine rings is 1. The van der Waals surface area contributed by atoms with Gasteiger partial charge in [-0.2, -0.15) is 0 Å². The molecule has 0 aromatic heterocycles. The van der Waals surface area contributed by atoms with Crippen molar-refractivity contribution in [2.45, 2.75) is 39.2 Å². The van der Waals surface area contributed by atoms with Crippen LogP contribution in [0.4, 0.5) is 0 Å². The molecular weight excluding hydrogens is 429 g/mol. The third kappa shape index (κ3) is 7.97. The van der Waals surface area contributed by atoms with Gasteiger partial charge in [0.2, 0.25) is 0 Å². The highest BCUT2D eigenvalue weighted by Crippen LogP contribution is 2.23. The Morgan fingerprint density at radius 3 is 2.56 bits per heavy atom. The van der Waals surface area contributed by atoms with Crippen LogP contribution in [0.2, 0.25) is 0 Å². The Balaban J connectivity index is 0.00000312. The summed E-state index contributed by atoms with van der Waals surface area (Å²) in [7, 11) is 1.85. The van der Waals surface area contributed by atoms with E-state index in [1.54, 1.807) is 0 Å². The third-order valence-electron chi connectivity index (χ3n) is 5.25. The van der Waals surface area contributed by atoms with E-state index in [9.17, 15) is 0 Å². The summed E-state index contributed by atoms with van der Waals surface area (Å²) < 4.78 is 5.39. The minimum absolute atomic E-state index is 0. The molecule has 0 saturated carbocycles. The van der Waals surface area contributed by atoms with Crippen molar-refractivity contribution in [3.63, 3.8) is 0 Å². The molecule has 1 unspecified atom stereocenters. The zero-order chi connectivity index (χ0) is 17.4. The number of nitrogens with one attached hydrogen (secondary N) is 2. The van der Waals surface area contributed by atoms with Gasteiger partial charge in [0.15, 0.2) is 5.96 Å². The fraction of sp³-hybridized carbons (Fsp3) is 0.944. The highest BCUT2D eigenvalue weighted by Gasteiger charge is 2.30. The fourth-order valence-electron chi connectivity index (χ4n) is 3.53. The molecule has 25 heavy (non-hydrogen) atoms. The molecule has 2 aliphatic heterocycles. The van der Waals surface area contributed by atoms with Crippen molar-refractivity contribution in [1.82, 2.24) is 20.4 Å². The molecule has 0 aromatic carbocycles. The molecule has 0 bridgehead atoms. The standard InChI is InChI=1S/C18H37N5O.HI/c1-16-6-5-8-23(14-16)18(2,3)15-21-17(19-4)20-7-9-22-10-12-24-13-11-22;/h16H,5-15H2,1-4H3,(H2,19,20,21);1H. The minimum Gasteiger partial charge on any atom is -0.379 e. The van der Waals surface area contributed by atoms with E-state index >= 15 is 0 Å². The molecule has 0 aliphatic carbocycles. The Bertz CT molecular complexity index is 399. The molecule has 2 heterocycles. The topological polar surface area (TPSA) is 52.1 Å². The second-order valence-corrected chi connectivity index (χ2v) is 7.81. The van der Waals surface area contributed by atoms with Crippen LogP contribution in [-0.2, 0) is 4.74 Å². The monoisotopic (exact) mass is 467 g/mol. The largest absolute Gasteiger partial charge is 0.379 e. The molecule has 6 nitrogen and oxygen atoms in total. The molecule has 2 rings (SSSR count). The number of rotatable bonds is 6. The zero-order valence-electron chi connectivity index (χ0n) is 16.5. The lowest BCUT2D eigenvalue weighted by Crippen LogP contribution is -2.56. The van der Waals surface area contributed by atoms with Crippen LogP contribution >= 0.6 is 24.0 Å². The van der Waals surface area contributed by atoms with Crippen LogP contribution < -0.4 is 10.6 Å². The Hall–Kier alpha value is -0.120. The zero-order valence-corrected chi connectivity index (χ0v) is 18.8. The molecule has 0 spiro atoms. The van der Waals surface area contributed by atoms with Crippen molar-refractivity contribution in [1.29, 1.82) is 0 Å². The molecule has 148 valence electrons. The lowest BCUT2D eigenvalue weighted by molar-refractivity contribution is 0.0389. The van der Waals surface area contributed by atoms with Crippen LogP contribution in [-0.4, -0.2) is 87.4 Å². The molecular formula is C18H38IN5O. The van der Waals surface area contributed by atoms with Gasteiger partial charge in [-0.15, -0.1) is 24.0 Å². The number of hydrogen-bond acceptors (Lipinski definition) is 4. The summed E-state index contributed by atoms with van der Waals surface area (Å²) in [4.78, 5) is 9.42. The number of hydrogen-bond donors (Lipinski definition) is 2. The van der Waals surface area contributed by atoms with Crippen molar-refractivity contribution in [2.24, 2.45) is 10.9 Å². The molecule has 1 atom stereocenters. The molecule has 7 heteroatoms. The molecule has 0 amide bonds. The van der Waals surface area contributed by atoms with E-state index in [4.69, 9.17) is 4.74 Å². The smallest absolute Gasteiger partial charge is 0.191 e. The van der Waals surface area contributed by atoms with Gasteiger partial charge in [0, 0.05) is 51.9 Å². The van der Waals surface area contributed by atoms with E-state index in [0.29, 0.717) is 0 Å². The highest BCUT2D eigenvalue weighted by atomic mass is 127. The van der Waals surface area contributed by atoms with Crippen LogP contribution in [0.15, 0.2) is 4.99 Å². The first-order chi connectivity index (χ1) is 11.5. The Labute approximate surface area is 171 Å². The Morgan fingerprint density at radius 2 is 1.92 bits per heavy atom. The van der Waals surface area contributed by atoms with Crippen LogP contribution in [0.3, 0.4) is 0 Å². The van der Waals surface area contributed by atoms with Gasteiger partial charge in [-0.05, 0) is 39.2 Å². The van der Waals surface area contributed by atoms with E-state index in [2.05, 4.69) is 46.2 Å². The summed E-state index contributed by atoms with van der Waals surface area (Å²) in [5.74, 6) is 1.71. The van der Waals surface area contributed by atoms with Crippen molar-refractivity contribution in [2.75, 3.05) is 66.1 Å². The summed E-state index contributed by atoms with van der Waals surface area (Å²) in [6.07, 6.45) is 2.68. The number of nitrogens with zero attached hydrogens (tertiary/aromatic N) is 3. The van der Waals surface area contributed by atoms with Crippen molar-refractivity contribution in [3.8, 4) is 0 Å². The molecule has 2 fully saturated rings. The number of ether oxygens (including phenoxy) is 1. The maximum Gasteiger partial charge on any atom is 0.191 e. The summed E-state index contributed by atoms with van der Waals surface area (Å²) >= 11 is 0. The number of halogens is 1. The van der Waals surface area contributed by atoms with Crippen molar-refractivity contribution >= 4 is 29.9 Å². The van der Waals surface area contributed by atoms with E-state index in [1.165, 1.54) is 25.9 Å². The number of aliphatic imine (C=N–C) groups is 1. The van der Waals surface area contributed by atoms with E-state index in [1.807, 2.05) is 7.05 Å². The van der Waals surface area contributed by atoms with Crippen LogP contribution in [0.5, 0.6) is 0 Å². The first-order valence-electron chi connectivity index (χ1n) is 9.51. The highest BCUT2D eigenvalue weighted by molar-refractivity contribution is 14.0. The number of likely N-dealkylation sites (tertiary alicyclic amines) is 1.